The van der Waals surface area contributed by atoms with Crippen LogP contribution in [0.1, 0.15) is 20.8 Å². The molecule has 20 heavy (non-hydrogen) atoms. The Hall–Kier alpha value is -2.01. The highest BCUT2D eigenvalue weighted by molar-refractivity contribution is 7.17. The van der Waals surface area contributed by atoms with Crippen LogP contribution in [0.5, 0.6) is 5.75 Å². The number of nitrogens with two attached hydrogens (primary N) is 1. The summed E-state index contributed by atoms with van der Waals surface area (Å²) < 4.78 is 5.27. The molecule has 0 spiro atoms. The summed E-state index contributed by atoms with van der Waals surface area (Å²) in [5, 5.41) is 3.27. The Morgan fingerprint density at radius 3 is 2.90 bits per heavy atom. The minimum Gasteiger partial charge on any atom is -0.497 e. The maximum absolute atomic E-state index is 12.1. The van der Waals surface area contributed by atoms with E-state index < -0.39 is 0 Å². The third-order valence-electron chi connectivity index (χ3n) is 3.67. The Bertz CT molecular complexity index is 691. The molecule has 1 aliphatic carbocycles. The van der Waals surface area contributed by atoms with Crippen LogP contribution in [-0.4, -0.2) is 20.1 Å². The fraction of sp³-hybridized carbons (Fsp3) is 0.267. The van der Waals surface area contributed by atoms with Crippen LogP contribution >= 0.6 is 11.3 Å². The number of aryl methyl sites for hydroxylation is 2. The fourth-order valence-electron chi connectivity index (χ4n) is 2.70. The number of amides is 1. The molecule has 0 radical (unpaired) electrons. The molecule has 0 atom stereocenters. The minimum absolute atomic E-state index is 0.122. The van der Waals surface area contributed by atoms with Crippen molar-refractivity contribution in [3.63, 3.8) is 0 Å². The number of nitrogens with one attached hydrogen (secondary N) is 1. The van der Waals surface area contributed by atoms with Crippen LogP contribution in [0.25, 0.3) is 11.1 Å². The first-order valence-electron chi connectivity index (χ1n) is 6.46. The summed E-state index contributed by atoms with van der Waals surface area (Å²) in [5.74, 6) is 0.723. The van der Waals surface area contributed by atoms with Crippen molar-refractivity contribution in [1.82, 2.24) is 5.32 Å². The number of hydrogen-bond acceptors (Lipinski definition) is 4. The molecule has 0 bridgehead atoms. The van der Waals surface area contributed by atoms with Gasteiger partial charge in [-0.1, -0.05) is 6.07 Å². The molecule has 1 aliphatic rings. The Labute approximate surface area is 121 Å². The van der Waals surface area contributed by atoms with E-state index in [2.05, 4.69) is 5.32 Å². The second-order valence-electron chi connectivity index (χ2n) is 4.74. The lowest BCUT2D eigenvalue weighted by atomic mass is 9.88. The van der Waals surface area contributed by atoms with E-state index in [1.165, 1.54) is 21.8 Å². The van der Waals surface area contributed by atoms with E-state index in [4.69, 9.17) is 10.5 Å². The molecular weight excluding hydrogens is 272 g/mol. The summed E-state index contributed by atoms with van der Waals surface area (Å²) in [7, 11) is 3.29. The van der Waals surface area contributed by atoms with E-state index >= 15 is 0 Å². The van der Waals surface area contributed by atoms with E-state index in [9.17, 15) is 4.79 Å². The maximum atomic E-state index is 12.1. The summed E-state index contributed by atoms with van der Waals surface area (Å²) in [5.41, 5.74) is 9.95. The highest BCUT2D eigenvalue weighted by Gasteiger charge is 2.27. The van der Waals surface area contributed by atoms with Crippen molar-refractivity contribution in [3.05, 3.63) is 34.2 Å². The summed E-state index contributed by atoms with van der Waals surface area (Å²) in [6, 6.07) is 5.99. The predicted molar refractivity (Wildman–Crippen MR) is 81.5 cm³/mol. The number of nitrogen functional groups attached to an aromatic ring is 1. The lowest BCUT2D eigenvalue weighted by Crippen LogP contribution is -2.19. The Balaban J connectivity index is 2.22. The largest absolute Gasteiger partial charge is 0.497 e. The molecule has 1 heterocycles. The molecule has 3 N–H and O–H groups in total. The van der Waals surface area contributed by atoms with Gasteiger partial charge < -0.3 is 15.8 Å². The number of ether oxygens (including phenoxy) is 1. The first kappa shape index (κ1) is 13.0. The number of benzene rings is 1. The first-order valence-corrected chi connectivity index (χ1v) is 7.28. The standard InChI is InChI=1S/C15H16N2O2S/c1-17-15(18)13-12-10-5-4-9(19-2)7-8(10)3-6-11(12)20-14(13)16/h4-5,7H,3,6,16H2,1-2H3,(H,17,18). The fourth-order valence-corrected chi connectivity index (χ4v) is 3.79. The monoisotopic (exact) mass is 288 g/mol. The topological polar surface area (TPSA) is 64.4 Å². The van der Waals surface area contributed by atoms with Crippen LogP contribution in [0.15, 0.2) is 18.2 Å². The van der Waals surface area contributed by atoms with Crippen molar-refractivity contribution >= 4 is 22.2 Å². The van der Waals surface area contributed by atoms with Crippen LogP contribution in [-0.2, 0) is 12.8 Å². The Morgan fingerprint density at radius 2 is 2.20 bits per heavy atom. The van der Waals surface area contributed by atoms with Crippen LogP contribution in [0.2, 0.25) is 0 Å². The van der Waals surface area contributed by atoms with Gasteiger partial charge in [-0.15, -0.1) is 11.3 Å². The van der Waals surface area contributed by atoms with Crippen molar-refractivity contribution in [2.75, 3.05) is 19.9 Å². The third kappa shape index (κ3) is 1.86. The van der Waals surface area contributed by atoms with Crippen LogP contribution in [0, 0.1) is 0 Å². The minimum atomic E-state index is -0.122. The van der Waals surface area contributed by atoms with Gasteiger partial charge in [0.05, 0.1) is 17.7 Å². The summed E-state index contributed by atoms with van der Waals surface area (Å²) in [6.45, 7) is 0. The number of thiophene rings is 1. The van der Waals surface area contributed by atoms with Gasteiger partial charge in [-0.25, -0.2) is 0 Å². The van der Waals surface area contributed by atoms with Gasteiger partial charge >= 0.3 is 0 Å². The molecule has 104 valence electrons. The lowest BCUT2D eigenvalue weighted by molar-refractivity contribution is 0.0965. The summed E-state index contributed by atoms with van der Waals surface area (Å²) in [6.07, 6.45) is 1.87. The SMILES string of the molecule is CNC(=O)c1c(N)sc2c1-c1ccc(OC)cc1CC2. The first-order chi connectivity index (χ1) is 9.65. The number of methoxy groups -OCH3 is 1. The lowest BCUT2D eigenvalue weighted by Gasteiger charge is -2.18. The second-order valence-corrected chi connectivity index (χ2v) is 5.88. The molecular formula is C15H16N2O2S. The average Bonchev–Trinajstić information content (AvgIpc) is 2.82. The second kappa shape index (κ2) is 4.83. The molecule has 0 fully saturated rings. The molecule has 0 aliphatic heterocycles. The number of hydrogen-bond donors (Lipinski definition) is 2. The smallest absolute Gasteiger partial charge is 0.254 e. The zero-order valence-electron chi connectivity index (χ0n) is 11.4. The summed E-state index contributed by atoms with van der Waals surface area (Å²) >= 11 is 1.52. The zero-order valence-corrected chi connectivity index (χ0v) is 12.3. The van der Waals surface area contributed by atoms with E-state index in [-0.39, 0.29) is 5.91 Å². The van der Waals surface area contributed by atoms with Crippen LogP contribution in [0.4, 0.5) is 5.00 Å². The van der Waals surface area contributed by atoms with E-state index in [0.717, 1.165) is 29.7 Å². The molecule has 2 aromatic rings. The number of carbonyl (C=O) groups is 1. The van der Waals surface area contributed by atoms with Crippen molar-refractivity contribution in [2.45, 2.75) is 12.8 Å². The summed E-state index contributed by atoms with van der Waals surface area (Å²) in [4.78, 5) is 13.3. The molecule has 3 rings (SSSR count). The van der Waals surface area contributed by atoms with Gasteiger partial charge in [0.15, 0.2) is 0 Å². The number of anilines is 1. The Kier molecular flexibility index (Phi) is 3.14. The average molecular weight is 288 g/mol. The highest BCUT2D eigenvalue weighted by atomic mass is 32.1. The maximum Gasteiger partial charge on any atom is 0.254 e. The van der Waals surface area contributed by atoms with Crippen LogP contribution in [0.3, 0.4) is 0 Å². The number of fused-ring (bicyclic) bond motifs is 3. The van der Waals surface area contributed by atoms with Gasteiger partial charge in [0.1, 0.15) is 5.75 Å². The van der Waals surface area contributed by atoms with Gasteiger partial charge in [0, 0.05) is 17.5 Å². The number of carbonyl (C=O) groups excluding carboxylic acids is 1. The van der Waals surface area contributed by atoms with E-state index in [1.54, 1.807) is 14.2 Å². The van der Waals surface area contributed by atoms with Gasteiger partial charge in [-0.3, -0.25) is 4.79 Å². The molecule has 0 saturated heterocycles. The van der Waals surface area contributed by atoms with E-state index in [1.807, 2.05) is 18.2 Å². The van der Waals surface area contributed by atoms with Gasteiger partial charge in [-0.05, 0) is 36.1 Å². The zero-order chi connectivity index (χ0) is 14.3. The van der Waals surface area contributed by atoms with Gasteiger partial charge in [0.2, 0.25) is 0 Å². The van der Waals surface area contributed by atoms with E-state index in [0.29, 0.717) is 10.6 Å². The highest BCUT2D eigenvalue weighted by Crippen LogP contribution is 2.44. The van der Waals surface area contributed by atoms with Gasteiger partial charge in [0.25, 0.3) is 5.91 Å². The van der Waals surface area contributed by atoms with Gasteiger partial charge in [-0.2, -0.15) is 0 Å². The molecule has 0 unspecified atom stereocenters. The van der Waals surface area contributed by atoms with Crippen molar-refractivity contribution < 1.29 is 9.53 Å². The molecule has 1 amide bonds. The Morgan fingerprint density at radius 1 is 1.40 bits per heavy atom. The van der Waals surface area contributed by atoms with Crippen molar-refractivity contribution in [2.24, 2.45) is 0 Å². The quantitative estimate of drug-likeness (QED) is 0.892. The normalized spacial score (nSPS) is 12.5. The molecule has 5 heteroatoms. The number of rotatable bonds is 2. The molecule has 1 aromatic carbocycles. The van der Waals surface area contributed by atoms with Crippen molar-refractivity contribution in [1.29, 1.82) is 0 Å². The molecule has 0 saturated carbocycles. The van der Waals surface area contributed by atoms with Crippen molar-refractivity contribution in [3.8, 4) is 16.9 Å². The molecule has 4 nitrogen and oxygen atoms in total. The predicted octanol–water partition coefficient (Wildman–Crippen LogP) is 2.46. The molecule has 1 aromatic heterocycles. The van der Waals surface area contributed by atoms with Crippen LogP contribution < -0.4 is 15.8 Å². The third-order valence-corrected chi connectivity index (χ3v) is 4.74.